The smallest absolute Gasteiger partial charge is 0.309 e. The molecule has 0 saturated heterocycles. The Morgan fingerprint density at radius 2 is 1.23 bits per heavy atom. The molecule has 0 radical (unpaired) electrons. The predicted octanol–water partition coefficient (Wildman–Crippen LogP) is 3.43. The van der Waals surface area contributed by atoms with Gasteiger partial charge in [0.05, 0.1) is 6.15 Å². The summed E-state index contributed by atoms with van der Waals surface area (Å²) in [6.45, 7) is 6.89. The summed E-state index contributed by atoms with van der Waals surface area (Å²) in [6, 6.07) is 10.5. The van der Waals surface area contributed by atoms with Gasteiger partial charge >= 0.3 is 18.9 Å². The molecule has 22 heavy (non-hydrogen) atoms. The summed E-state index contributed by atoms with van der Waals surface area (Å²) in [5.74, 6) is 7.26. The molecule has 0 unspecified atom stereocenters. The van der Waals surface area contributed by atoms with Gasteiger partial charge in [-0.2, -0.15) is 19.0 Å². The third-order valence-electron chi connectivity index (χ3n) is 4.63. The monoisotopic (exact) mass is 290 g/mol. The second-order valence-electron chi connectivity index (χ2n) is 6.54. The largest absolute Gasteiger partial charge is 1.00 e. The molecule has 0 atom stereocenters. The normalized spacial score (nSPS) is 10.5. The van der Waals surface area contributed by atoms with E-state index >= 15 is 0 Å². The van der Waals surface area contributed by atoms with Crippen molar-refractivity contribution in [2.24, 2.45) is 0 Å². The molecule has 0 fully saturated rings. The average Bonchev–Trinajstić information content (AvgIpc) is 2.54. The fraction of sp³-hybridized carbons (Fsp3) is 0.600. The van der Waals surface area contributed by atoms with Crippen LogP contribution in [0, 0.1) is 11.7 Å². The standard InChI is InChI=1S/C20H32B.Li/c1-4-7-16-21(17-8-5-2,18-9-6-3)19-15-20-13-11-10-12-14-20;/h10-14H,4-9,16-18H2,1-3H3;/q-1;+1. The van der Waals surface area contributed by atoms with Crippen molar-refractivity contribution >= 4 is 6.15 Å². The minimum atomic E-state index is -0.495. The van der Waals surface area contributed by atoms with Gasteiger partial charge in [0.2, 0.25) is 0 Å². The number of hydrogen-bond donors (Lipinski definition) is 0. The molecule has 0 amide bonds. The van der Waals surface area contributed by atoms with E-state index in [9.17, 15) is 0 Å². The van der Waals surface area contributed by atoms with Crippen LogP contribution in [-0.2, 0) is 0 Å². The van der Waals surface area contributed by atoms with Gasteiger partial charge < -0.3 is 5.82 Å². The van der Waals surface area contributed by atoms with Crippen molar-refractivity contribution in [3.05, 3.63) is 35.9 Å². The van der Waals surface area contributed by atoms with Crippen LogP contribution in [0.2, 0.25) is 19.0 Å². The summed E-state index contributed by atoms with van der Waals surface area (Å²) >= 11 is 0. The molecule has 116 valence electrons. The predicted molar refractivity (Wildman–Crippen MR) is 98.2 cm³/mol. The Hall–Kier alpha value is -0.558. The first kappa shape index (κ1) is 21.4. The Bertz CT molecular complexity index is 408. The molecular formula is C20H32BLi. The van der Waals surface area contributed by atoms with Gasteiger partial charge in [0, 0.05) is 5.56 Å². The van der Waals surface area contributed by atoms with E-state index in [4.69, 9.17) is 0 Å². The number of rotatable bonds is 9. The first-order valence-corrected chi connectivity index (χ1v) is 9.05. The van der Waals surface area contributed by atoms with Crippen LogP contribution in [0.4, 0.5) is 0 Å². The Morgan fingerprint density at radius 3 is 1.64 bits per heavy atom. The van der Waals surface area contributed by atoms with Gasteiger partial charge in [-0.1, -0.05) is 77.5 Å². The molecule has 0 heterocycles. The molecule has 0 N–H and O–H groups in total. The van der Waals surface area contributed by atoms with Crippen LogP contribution in [0.25, 0.3) is 0 Å². The molecule has 0 aromatic heterocycles. The van der Waals surface area contributed by atoms with Gasteiger partial charge in [0.15, 0.2) is 0 Å². The van der Waals surface area contributed by atoms with Crippen molar-refractivity contribution < 1.29 is 18.9 Å². The fourth-order valence-electron chi connectivity index (χ4n) is 3.19. The van der Waals surface area contributed by atoms with Crippen molar-refractivity contribution in [1.29, 1.82) is 0 Å². The molecule has 0 spiro atoms. The van der Waals surface area contributed by atoms with Gasteiger partial charge in [0.25, 0.3) is 0 Å². The maximum Gasteiger partial charge on any atom is 1.00 e. The zero-order valence-electron chi connectivity index (χ0n) is 15.3. The first-order valence-electron chi connectivity index (χ1n) is 9.05. The van der Waals surface area contributed by atoms with Crippen LogP contribution < -0.4 is 18.9 Å². The molecule has 1 aromatic rings. The van der Waals surface area contributed by atoms with Crippen LogP contribution in [0.1, 0.15) is 64.9 Å². The van der Waals surface area contributed by atoms with Crippen molar-refractivity contribution in [2.45, 2.75) is 78.3 Å². The van der Waals surface area contributed by atoms with Gasteiger partial charge in [-0.3, -0.25) is 0 Å². The number of benzene rings is 1. The van der Waals surface area contributed by atoms with Gasteiger partial charge in [-0.15, -0.1) is 5.92 Å². The fourth-order valence-corrected chi connectivity index (χ4v) is 3.19. The van der Waals surface area contributed by atoms with Crippen LogP contribution in [-0.4, -0.2) is 6.15 Å². The molecule has 0 saturated carbocycles. The van der Waals surface area contributed by atoms with E-state index in [-0.39, 0.29) is 18.9 Å². The summed E-state index contributed by atoms with van der Waals surface area (Å²) in [5.41, 5.74) is 1.17. The Balaban J connectivity index is 0.00000441. The van der Waals surface area contributed by atoms with Crippen molar-refractivity contribution in [1.82, 2.24) is 0 Å². The van der Waals surface area contributed by atoms with Gasteiger partial charge in [0.1, 0.15) is 0 Å². The summed E-state index contributed by atoms with van der Waals surface area (Å²) in [7, 11) is 0. The maximum atomic E-state index is 3.77. The third-order valence-corrected chi connectivity index (χ3v) is 4.63. The summed E-state index contributed by atoms with van der Waals surface area (Å²) in [4.78, 5) is 0. The van der Waals surface area contributed by atoms with E-state index in [0.717, 1.165) is 0 Å². The minimum absolute atomic E-state index is 0. The zero-order valence-corrected chi connectivity index (χ0v) is 15.3. The van der Waals surface area contributed by atoms with E-state index in [1.54, 1.807) is 0 Å². The van der Waals surface area contributed by atoms with Crippen LogP contribution in [0.5, 0.6) is 0 Å². The second-order valence-corrected chi connectivity index (χ2v) is 6.54. The van der Waals surface area contributed by atoms with Gasteiger partial charge in [-0.05, 0) is 12.1 Å². The van der Waals surface area contributed by atoms with Crippen molar-refractivity contribution in [3.63, 3.8) is 0 Å². The zero-order chi connectivity index (χ0) is 15.4. The first-order chi connectivity index (χ1) is 10.3. The molecule has 1 rings (SSSR count). The number of unbranched alkanes of at least 4 members (excludes halogenated alkanes) is 3. The quantitative estimate of drug-likeness (QED) is 0.483. The van der Waals surface area contributed by atoms with E-state index in [0.29, 0.717) is 0 Å². The molecule has 0 bridgehead atoms. The van der Waals surface area contributed by atoms with E-state index < -0.39 is 6.15 Å². The average molecular weight is 290 g/mol. The topological polar surface area (TPSA) is 0 Å². The van der Waals surface area contributed by atoms with E-state index in [1.807, 2.05) is 0 Å². The summed E-state index contributed by atoms with van der Waals surface area (Å²) < 4.78 is 0. The molecule has 0 aliphatic heterocycles. The Labute approximate surface area is 150 Å². The third kappa shape index (κ3) is 8.17. The van der Waals surface area contributed by atoms with Crippen LogP contribution in [0.3, 0.4) is 0 Å². The minimum Gasteiger partial charge on any atom is -0.309 e. The van der Waals surface area contributed by atoms with E-state index in [1.165, 1.54) is 63.0 Å². The Morgan fingerprint density at radius 1 is 0.773 bits per heavy atom. The van der Waals surface area contributed by atoms with Crippen LogP contribution >= 0.6 is 0 Å². The number of hydrogen-bond acceptors (Lipinski definition) is 0. The molecule has 2 heteroatoms. The summed E-state index contributed by atoms with van der Waals surface area (Å²) in [6.07, 6.45) is 11.3. The molecule has 0 nitrogen and oxygen atoms in total. The molecule has 0 aliphatic carbocycles. The summed E-state index contributed by atoms with van der Waals surface area (Å²) in [5, 5.41) is 0. The maximum absolute atomic E-state index is 3.77. The van der Waals surface area contributed by atoms with Crippen LogP contribution in [0.15, 0.2) is 30.3 Å². The Kier molecular flexibility index (Phi) is 12.6. The van der Waals surface area contributed by atoms with Crippen molar-refractivity contribution in [2.75, 3.05) is 0 Å². The second kappa shape index (κ2) is 12.9. The molecule has 1 aromatic carbocycles. The molecule has 0 aliphatic rings. The SMILES string of the molecule is CCCC[B-](C#Cc1ccccc1)(CCCC)CCCC.[Li+]. The van der Waals surface area contributed by atoms with Gasteiger partial charge in [-0.25, -0.2) is 0 Å². The van der Waals surface area contributed by atoms with E-state index in [2.05, 4.69) is 62.8 Å². The van der Waals surface area contributed by atoms with Crippen molar-refractivity contribution in [3.8, 4) is 11.7 Å². The molecular weight excluding hydrogens is 258 g/mol.